The molecule has 1 N–H and O–H groups in total. The molecule has 1 saturated heterocycles. The lowest BCUT2D eigenvalue weighted by Gasteiger charge is -2.29. The van der Waals surface area contributed by atoms with E-state index in [4.69, 9.17) is 28.4 Å². The quantitative estimate of drug-likeness (QED) is 0.149. The van der Waals surface area contributed by atoms with Crippen LogP contribution >= 0.6 is 11.3 Å². The predicted molar refractivity (Wildman–Crippen MR) is 200 cm³/mol. The Morgan fingerprint density at radius 1 is 1.17 bits per heavy atom. The topological polar surface area (TPSA) is 163 Å². The number of methoxy groups -OCH3 is 1. The van der Waals surface area contributed by atoms with Gasteiger partial charge in [0.05, 0.1) is 24.9 Å². The standard InChI is InChI=1S/C38H48N4O9S2/c1-9-13-37(14-15-37)53(46,47)51-34(44)38(19-23(38)10-2)41-32(43)30-17-25(20-42(30)35(45)50-36(5,6)7)49-31-18-28(33-40-29(21-52-33)22(3)4)39-27-16-24(48-8)11-12-26(27)31/h10-12,16,18,21-23,25,30H,2,9,13-15,17,19-20H2,1,3-8H3,(H,41,43). The lowest BCUT2D eigenvalue weighted by molar-refractivity contribution is -0.141. The number of pyridine rings is 1. The molecule has 0 radical (unpaired) electrons. The number of rotatable bonds is 13. The molecular weight excluding hydrogens is 721 g/mol. The van der Waals surface area contributed by atoms with Crippen LogP contribution in [0.1, 0.15) is 91.7 Å². The second-order valence-electron chi connectivity index (χ2n) is 15.5. The average Bonchev–Trinajstić information content (AvgIpc) is 3.90. The van der Waals surface area contributed by atoms with E-state index in [-0.39, 0.29) is 25.3 Å². The first-order valence-corrected chi connectivity index (χ1v) is 20.3. The smallest absolute Gasteiger partial charge is 0.411 e. The Labute approximate surface area is 314 Å². The van der Waals surface area contributed by atoms with Crippen molar-refractivity contribution in [2.75, 3.05) is 13.7 Å². The summed E-state index contributed by atoms with van der Waals surface area (Å²) in [6.07, 6.45) is 2.08. The molecule has 4 unspecified atom stereocenters. The van der Waals surface area contributed by atoms with Gasteiger partial charge in [0.2, 0.25) is 5.91 Å². The molecule has 2 amide bonds. The lowest BCUT2D eigenvalue weighted by atomic mass is 10.1. The fraction of sp³-hybridized carbons (Fsp3) is 0.553. The molecule has 3 aromatic rings. The van der Waals surface area contributed by atoms with Crippen LogP contribution in [0, 0.1) is 5.92 Å². The zero-order chi connectivity index (χ0) is 38.5. The largest absolute Gasteiger partial charge is 0.497 e. The van der Waals surface area contributed by atoms with Crippen molar-refractivity contribution >= 4 is 50.3 Å². The summed E-state index contributed by atoms with van der Waals surface area (Å²) in [5, 5.41) is 6.17. The van der Waals surface area contributed by atoms with Gasteiger partial charge < -0.3 is 23.7 Å². The first-order valence-electron chi connectivity index (χ1n) is 18.0. The number of nitrogens with zero attached hydrogens (tertiary/aromatic N) is 3. The minimum atomic E-state index is -4.23. The van der Waals surface area contributed by atoms with E-state index >= 15 is 0 Å². The number of likely N-dealkylation sites (tertiary alicyclic amines) is 1. The van der Waals surface area contributed by atoms with Crippen LogP contribution in [-0.4, -0.2) is 82.9 Å². The lowest BCUT2D eigenvalue weighted by Crippen LogP contribution is -2.54. The Kier molecular flexibility index (Phi) is 10.3. The molecule has 0 bridgehead atoms. The zero-order valence-electron chi connectivity index (χ0n) is 31.3. The van der Waals surface area contributed by atoms with E-state index in [2.05, 4.69) is 25.7 Å². The van der Waals surface area contributed by atoms with Gasteiger partial charge in [-0.25, -0.2) is 19.6 Å². The van der Waals surface area contributed by atoms with Crippen molar-refractivity contribution in [1.82, 2.24) is 20.2 Å². The van der Waals surface area contributed by atoms with Crippen LogP contribution in [0.5, 0.6) is 11.5 Å². The normalized spacial score (nSPS) is 23.4. The highest BCUT2D eigenvalue weighted by atomic mass is 32.2. The van der Waals surface area contributed by atoms with Gasteiger partial charge in [-0.3, -0.25) is 9.69 Å². The van der Waals surface area contributed by atoms with E-state index in [9.17, 15) is 22.8 Å². The number of fused-ring (bicyclic) bond motifs is 1. The maximum Gasteiger partial charge on any atom is 0.411 e. The highest BCUT2D eigenvalue weighted by Crippen LogP contribution is 2.51. The summed E-state index contributed by atoms with van der Waals surface area (Å²) in [4.78, 5) is 52.3. The van der Waals surface area contributed by atoms with E-state index < -0.39 is 62.0 Å². The number of hydrogen-bond donors (Lipinski definition) is 1. The molecule has 3 aliphatic rings. The molecule has 0 spiro atoms. The molecule has 6 rings (SSSR count). The second-order valence-corrected chi connectivity index (χ2v) is 18.3. The van der Waals surface area contributed by atoms with Gasteiger partial charge in [-0.15, -0.1) is 17.9 Å². The third-order valence-electron chi connectivity index (χ3n) is 10.0. The number of benzene rings is 1. The summed E-state index contributed by atoms with van der Waals surface area (Å²) in [5.74, 6) is -0.954. The molecule has 53 heavy (non-hydrogen) atoms. The number of carbonyl (C=O) groups excluding carboxylic acids is 3. The van der Waals surface area contributed by atoms with Gasteiger partial charge in [0.15, 0.2) is 0 Å². The molecule has 1 aliphatic heterocycles. The third-order valence-corrected chi connectivity index (χ3v) is 13.0. The molecular formula is C38H48N4O9S2. The molecule has 3 fully saturated rings. The number of thiazole rings is 1. The van der Waals surface area contributed by atoms with E-state index in [0.717, 1.165) is 5.69 Å². The van der Waals surface area contributed by atoms with Crippen molar-refractivity contribution < 1.29 is 41.2 Å². The van der Waals surface area contributed by atoms with E-state index in [0.29, 0.717) is 58.8 Å². The van der Waals surface area contributed by atoms with Gasteiger partial charge in [0.25, 0.3) is 0 Å². The second kappa shape index (κ2) is 14.2. The van der Waals surface area contributed by atoms with Gasteiger partial charge in [-0.2, -0.15) is 8.42 Å². The zero-order valence-corrected chi connectivity index (χ0v) is 32.9. The Bertz CT molecular complexity index is 2040. The molecule has 15 heteroatoms. The third kappa shape index (κ3) is 7.73. The molecule has 4 atom stereocenters. The minimum absolute atomic E-state index is 0.00664. The van der Waals surface area contributed by atoms with Gasteiger partial charge in [0.1, 0.15) is 50.2 Å². The minimum Gasteiger partial charge on any atom is -0.497 e. The maximum absolute atomic E-state index is 14.2. The summed E-state index contributed by atoms with van der Waals surface area (Å²) in [6, 6.07) is 6.13. The van der Waals surface area contributed by atoms with E-state index in [1.807, 2.05) is 18.4 Å². The number of hydrogen-bond acceptors (Lipinski definition) is 12. The van der Waals surface area contributed by atoms with Crippen LogP contribution in [0.2, 0.25) is 0 Å². The van der Waals surface area contributed by atoms with Crippen molar-refractivity contribution in [3.05, 3.63) is 48.0 Å². The molecule has 1 aromatic carbocycles. The van der Waals surface area contributed by atoms with Crippen molar-refractivity contribution in [2.24, 2.45) is 5.92 Å². The first kappa shape index (κ1) is 38.5. The van der Waals surface area contributed by atoms with Gasteiger partial charge in [-0.05, 0) is 64.5 Å². The molecule has 2 saturated carbocycles. The van der Waals surface area contributed by atoms with Crippen molar-refractivity contribution in [3.8, 4) is 22.2 Å². The number of carbonyl (C=O) groups is 3. The van der Waals surface area contributed by atoms with Crippen molar-refractivity contribution in [3.63, 3.8) is 0 Å². The highest BCUT2D eigenvalue weighted by Gasteiger charge is 2.65. The Hall–Kier alpha value is -4.24. The van der Waals surface area contributed by atoms with Crippen LogP contribution in [0.4, 0.5) is 4.79 Å². The number of aromatic nitrogens is 2. The molecule has 3 heterocycles. The van der Waals surface area contributed by atoms with Gasteiger partial charge >= 0.3 is 22.2 Å². The summed E-state index contributed by atoms with van der Waals surface area (Å²) < 4.78 is 48.3. The first-order chi connectivity index (χ1) is 24.9. The number of ether oxygens (including phenoxy) is 3. The fourth-order valence-corrected chi connectivity index (χ4v) is 9.32. The summed E-state index contributed by atoms with van der Waals surface area (Å²) in [6.45, 7) is 15.0. The Morgan fingerprint density at radius 3 is 2.49 bits per heavy atom. The van der Waals surface area contributed by atoms with Gasteiger partial charge in [0, 0.05) is 35.2 Å². The summed E-state index contributed by atoms with van der Waals surface area (Å²) >= 11 is 1.48. The highest BCUT2D eigenvalue weighted by molar-refractivity contribution is 7.88. The van der Waals surface area contributed by atoms with E-state index in [1.165, 1.54) is 22.3 Å². The SMILES string of the molecule is C=CC1CC1(NC(=O)C1CC(Oc2cc(-c3nc(C(C)C)cs3)nc3cc(OC)ccc23)CN1C(=O)OC(C)(C)C)C(=O)OS(=O)(=O)C1(CCC)CC1. The summed E-state index contributed by atoms with van der Waals surface area (Å²) in [7, 11) is -2.66. The van der Waals surface area contributed by atoms with Crippen LogP contribution in [-0.2, 0) is 28.6 Å². The molecule has 2 aliphatic carbocycles. The maximum atomic E-state index is 14.2. The Balaban J connectivity index is 1.29. The van der Waals surface area contributed by atoms with Crippen LogP contribution in [0.3, 0.4) is 0 Å². The monoisotopic (exact) mass is 768 g/mol. The predicted octanol–water partition coefficient (Wildman–Crippen LogP) is 6.51. The number of amides is 2. The van der Waals surface area contributed by atoms with Crippen LogP contribution < -0.4 is 14.8 Å². The molecule has 286 valence electrons. The Morgan fingerprint density at radius 2 is 1.91 bits per heavy atom. The fourth-order valence-electron chi connectivity index (χ4n) is 6.80. The van der Waals surface area contributed by atoms with Crippen LogP contribution in [0.25, 0.3) is 21.6 Å². The summed E-state index contributed by atoms with van der Waals surface area (Å²) in [5.41, 5.74) is -0.346. The van der Waals surface area contributed by atoms with Gasteiger partial charge in [-0.1, -0.05) is 33.3 Å². The van der Waals surface area contributed by atoms with Crippen LogP contribution in [0.15, 0.2) is 42.3 Å². The average molecular weight is 769 g/mol. The van der Waals surface area contributed by atoms with Crippen molar-refractivity contribution in [2.45, 2.75) is 114 Å². The van der Waals surface area contributed by atoms with E-state index in [1.54, 1.807) is 46.1 Å². The molecule has 2 aromatic heterocycles. The number of nitrogens with one attached hydrogen (secondary N) is 1. The van der Waals surface area contributed by atoms with Crippen molar-refractivity contribution in [1.29, 1.82) is 0 Å². The molecule has 13 nitrogen and oxygen atoms in total.